The standard InChI is InChI=1S/C17H19NO/c1-13-7-6-10-16(19-2)17(13)18(15-11-12-15)14-8-4-3-5-9-14/h3-10,15H,11-12H2,1-2H3. The van der Waals surface area contributed by atoms with Gasteiger partial charge in [-0.25, -0.2) is 0 Å². The quantitative estimate of drug-likeness (QED) is 0.805. The SMILES string of the molecule is COc1cccc(C)c1N(c1ccccc1)C1CC1. The summed E-state index contributed by atoms with van der Waals surface area (Å²) in [7, 11) is 1.74. The monoisotopic (exact) mass is 253 g/mol. The van der Waals surface area contributed by atoms with Gasteiger partial charge in [0.15, 0.2) is 0 Å². The van der Waals surface area contributed by atoms with E-state index in [4.69, 9.17) is 4.74 Å². The number of hydrogen-bond acceptors (Lipinski definition) is 2. The van der Waals surface area contributed by atoms with Crippen molar-refractivity contribution in [2.45, 2.75) is 25.8 Å². The number of aryl methyl sites for hydroxylation is 1. The van der Waals surface area contributed by atoms with Crippen molar-refractivity contribution in [2.24, 2.45) is 0 Å². The smallest absolute Gasteiger partial charge is 0.142 e. The predicted octanol–water partition coefficient (Wildman–Crippen LogP) is 4.30. The second-order valence-corrected chi connectivity index (χ2v) is 5.06. The molecule has 2 heteroatoms. The van der Waals surface area contributed by atoms with Crippen LogP contribution in [-0.4, -0.2) is 13.2 Å². The van der Waals surface area contributed by atoms with E-state index in [9.17, 15) is 0 Å². The number of ether oxygens (including phenoxy) is 1. The first-order chi connectivity index (χ1) is 9.31. The third-order valence-corrected chi connectivity index (χ3v) is 3.61. The van der Waals surface area contributed by atoms with Crippen molar-refractivity contribution in [3.63, 3.8) is 0 Å². The van der Waals surface area contributed by atoms with Crippen molar-refractivity contribution in [3.05, 3.63) is 54.1 Å². The molecular formula is C17H19NO. The average Bonchev–Trinajstić information content (AvgIpc) is 3.27. The van der Waals surface area contributed by atoms with Crippen LogP contribution in [0.4, 0.5) is 11.4 Å². The molecule has 2 nitrogen and oxygen atoms in total. The lowest BCUT2D eigenvalue weighted by atomic mass is 10.1. The van der Waals surface area contributed by atoms with E-state index in [0.717, 1.165) is 5.75 Å². The first kappa shape index (κ1) is 12.1. The van der Waals surface area contributed by atoms with Crippen molar-refractivity contribution in [1.82, 2.24) is 0 Å². The molecule has 3 rings (SSSR count). The van der Waals surface area contributed by atoms with Crippen LogP contribution in [0.5, 0.6) is 5.75 Å². The Morgan fingerprint density at radius 2 is 1.74 bits per heavy atom. The van der Waals surface area contributed by atoms with Crippen LogP contribution < -0.4 is 9.64 Å². The normalized spacial score (nSPS) is 14.2. The number of nitrogens with zero attached hydrogens (tertiary/aromatic N) is 1. The fourth-order valence-electron chi connectivity index (χ4n) is 2.55. The molecular weight excluding hydrogens is 234 g/mol. The van der Waals surface area contributed by atoms with E-state index in [2.05, 4.69) is 48.2 Å². The van der Waals surface area contributed by atoms with Gasteiger partial charge in [-0.2, -0.15) is 0 Å². The highest BCUT2D eigenvalue weighted by molar-refractivity contribution is 5.73. The van der Waals surface area contributed by atoms with Crippen molar-refractivity contribution in [3.8, 4) is 5.75 Å². The maximum absolute atomic E-state index is 5.56. The summed E-state index contributed by atoms with van der Waals surface area (Å²) in [6.07, 6.45) is 2.51. The molecule has 0 unspecified atom stereocenters. The van der Waals surface area contributed by atoms with E-state index < -0.39 is 0 Å². The van der Waals surface area contributed by atoms with Crippen LogP contribution >= 0.6 is 0 Å². The van der Waals surface area contributed by atoms with Gasteiger partial charge in [0, 0.05) is 11.7 Å². The Kier molecular flexibility index (Phi) is 3.16. The van der Waals surface area contributed by atoms with E-state index in [1.165, 1.54) is 29.8 Å². The molecule has 0 N–H and O–H groups in total. The average molecular weight is 253 g/mol. The van der Waals surface area contributed by atoms with E-state index in [0.29, 0.717) is 6.04 Å². The largest absolute Gasteiger partial charge is 0.495 e. The highest BCUT2D eigenvalue weighted by atomic mass is 16.5. The number of para-hydroxylation sites is 2. The second kappa shape index (κ2) is 4.96. The topological polar surface area (TPSA) is 12.5 Å². The van der Waals surface area contributed by atoms with Gasteiger partial charge in [-0.3, -0.25) is 0 Å². The van der Waals surface area contributed by atoms with Crippen LogP contribution in [0.2, 0.25) is 0 Å². The summed E-state index contributed by atoms with van der Waals surface area (Å²) in [4.78, 5) is 2.42. The summed E-state index contributed by atoms with van der Waals surface area (Å²) in [5.41, 5.74) is 3.71. The van der Waals surface area contributed by atoms with Crippen molar-refractivity contribution in [1.29, 1.82) is 0 Å². The third kappa shape index (κ3) is 2.30. The highest BCUT2D eigenvalue weighted by Crippen LogP contribution is 2.43. The van der Waals surface area contributed by atoms with E-state index >= 15 is 0 Å². The van der Waals surface area contributed by atoms with Crippen LogP contribution in [0.15, 0.2) is 48.5 Å². The maximum Gasteiger partial charge on any atom is 0.142 e. The predicted molar refractivity (Wildman–Crippen MR) is 79.3 cm³/mol. The fourth-order valence-corrected chi connectivity index (χ4v) is 2.55. The van der Waals surface area contributed by atoms with Gasteiger partial charge in [-0.05, 0) is 43.5 Å². The van der Waals surface area contributed by atoms with Crippen LogP contribution in [0.3, 0.4) is 0 Å². The summed E-state index contributed by atoms with van der Waals surface area (Å²) in [5.74, 6) is 0.954. The molecule has 0 radical (unpaired) electrons. The molecule has 2 aromatic rings. The molecule has 1 saturated carbocycles. The summed E-state index contributed by atoms with van der Waals surface area (Å²) < 4.78 is 5.56. The molecule has 0 aliphatic heterocycles. The van der Waals surface area contributed by atoms with Gasteiger partial charge >= 0.3 is 0 Å². The zero-order valence-corrected chi connectivity index (χ0v) is 11.5. The highest BCUT2D eigenvalue weighted by Gasteiger charge is 2.32. The Balaban J connectivity index is 2.11. The Morgan fingerprint density at radius 1 is 1.00 bits per heavy atom. The summed E-state index contributed by atoms with van der Waals surface area (Å²) in [5, 5.41) is 0. The minimum Gasteiger partial charge on any atom is -0.495 e. The molecule has 1 fully saturated rings. The molecule has 2 aromatic carbocycles. The summed E-state index contributed by atoms with van der Waals surface area (Å²) in [6.45, 7) is 2.15. The molecule has 19 heavy (non-hydrogen) atoms. The molecule has 0 spiro atoms. The van der Waals surface area contributed by atoms with Crippen LogP contribution in [-0.2, 0) is 0 Å². The molecule has 98 valence electrons. The molecule has 0 amide bonds. The van der Waals surface area contributed by atoms with Gasteiger partial charge in [0.25, 0.3) is 0 Å². The Labute approximate surface area is 114 Å². The number of rotatable bonds is 4. The lowest BCUT2D eigenvalue weighted by molar-refractivity contribution is 0.415. The van der Waals surface area contributed by atoms with Gasteiger partial charge in [0.05, 0.1) is 12.8 Å². The third-order valence-electron chi connectivity index (χ3n) is 3.61. The Morgan fingerprint density at radius 3 is 2.37 bits per heavy atom. The molecule has 0 aromatic heterocycles. The van der Waals surface area contributed by atoms with E-state index in [-0.39, 0.29) is 0 Å². The van der Waals surface area contributed by atoms with E-state index in [1.54, 1.807) is 7.11 Å². The van der Waals surface area contributed by atoms with Crippen molar-refractivity contribution >= 4 is 11.4 Å². The van der Waals surface area contributed by atoms with E-state index in [1.807, 2.05) is 12.1 Å². The van der Waals surface area contributed by atoms with Crippen molar-refractivity contribution in [2.75, 3.05) is 12.0 Å². The Bertz CT molecular complexity index is 561. The zero-order chi connectivity index (χ0) is 13.2. The first-order valence-corrected chi connectivity index (χ1v) is 6.79. The number of hydrogen-bond donors (Lipinski definition) is 0. The number of methoxy groups -OCH3 is 1. The maximum atomic E-state index is 5.56. The van der Waals surface area contributed by atoms with Crippen LogP contribution in [0.1, 0.15) is 18.4 Å². The molecule has 1 aliphatic rings. The van der Waals surface area contributed by atoms with Gasteiger partial charge in [0.2, 0.25) is 0 Å². The lowest BCUT2D eigenvalue weighted by Gasteiger charge is -2.28. The molecule has 0 saturated heterocycles. The van der Waals surface area contributed by atoms with Gasteiger partial charge in [-0.15, -0.1) is 0 Å². The van der Waals surface area contributed by atoms with Gasteiger partial charge in [-0.1, -0.05) is 30.3 Å². The fraction of sp³-hybridized carbons (Fsp3) is 0.294. The van der Waals surface area contributed by atoms with Crippen LogP contribution in [0, 0.1) is 6.92 Å². The molecule has 0 bridgehead atoms. The van der Waals surface area contributed by atoms with Crippen molar-refractivity contribution < 1.29 is 4.74 Å². The van der Waals surface area contributed by atoms with Gasteiger partial charge < -0.3 is 9.64 Å². The second-order valence-electron chi connectivity index (χ2n) is 5.06. The van der Waals surface area contributed by atoms with Gasteiger partial charge in [0.1, 0.15) is 5.75 Å². The minimum absolute atomic E-state index is 0.609. The zero-order valence-electron chi connectivity index (χ0n) is 11.5. The molecule has 1 aliphatic carbocycles. The summed E-state index contributed by atoms with van der Waals surface area (Å²) >= 11 is 0. The minimum atomic E-state index is 0.609. The first-order valence-electron chi connectivity index (χ1n) is 6.79. The van der Waals surface area contributed by atoms with Crippen LogP contribution in [0.25, 0.3) is 0 Å². The molecule has 0 heterocycles. The lowest BCUT2D eigenvalue weighted by Crippen LogP contribution is -2.21. The number of benzene rings is 2. The molecule has 0 atom stereocenters. The number of anilines is 2. The summed E-state index contributed by atoms with van der Waals surface area (Å²) in [6, 6.07) is 17.4. The Hall–Kier alpha value is -1.96.